The van der Waals surface area contributed by atoms with Crippen LogP contribution in [0.5, 0.6) is 0 Å². The first-order valence-electron chi connectivity index (χ1n) is 4.90. The number of hydrogen-bond acceptors (Lipinski definition) is 3. The molecule has 5 heteroatoms. The lowest BCUT2D eigenvalue weighted by Crippen LogP contribution is -2.31. The zero-order valence-electron chi connectivity index (χ0n) is 9.14. The average Bonchev–Trinajstić information content (AvgIpc) is 2.27. The van der Waals surface area contributed by atoms with Gasteiger partial charge in [0.2, 0.25) is 0 Å². The molecule has 1 aromatic carbocycles. The maximum Gasteiger partial charge on any atom is 0.313 e. The molecule has 0 fully saturated rings. The Balaban J connectivity index is 3.14. The second kappa shape index (κ2) is 4.30. The predicted octanol–water partition coefficient (Wildman–Crippen LogP) is 2.35. The highest BCUT2D eigenvalue weighted by Crippen LogP contribution is 2.29. The summed E-state index contributed by atoms with van der Waals surface area (Å²) in [7, 11) is 0. The number of aliphatic carboxylic acids is 1. The van der Waals surface area contributed by atoms with Gasteiger partial charge in [-0.3, -0.25) is 14.9 Å². The summed E-state index contributed by atoms with van der Waals surface area (Å²) in [4.78, 5) is 21.1. The van der Waals surface area contributed by atoms with Crippen LogP contribution in [-0.4, -0.2) is 16.0 Å². The van der Waals surface area contributed by atoms with Crippen molar-refractivity contribution in [3.63, 3.8) is 0 Å². The lowest BCUT2D eigenvalue weighted by Gasteiger charge is -2.23. The smallest absolute Gasteiger partial charge is 0.313 e. The minimum atomic E-state index is -0.991. The maximum atomic E-state index is 11.1. The number of non-ortho nitro benzene ring substituents is 1. The highest BCUT2D eigenvalue weighted by molar-refractivity contribution is 5.80. The third kappa shape index (κ3) is 2.03. The van der Waals surface area contributed by atoms with E-state index in [4.69, 9.17) is 5.11 Å². The zero-order valence-corrected chi connectivity index (χ0v) is 9.14. The van der Waals surface area contributed by atoms with Gasteiger partial charge in [-0.2, -0.15) is 0 Å². The first kappa shape index (κ1) is 12.2. The van der Waals surface area contributed by atoms with Crippen LogP contribution in [-0.2, 0) is 10.2 Å². The fourth-order valence-corrected chi connectivity index (χ4v) is 1.43. The summed E-state index contributed by atoms with van der Waals surface area (Å²) in [6.07, 6.45) is 0.431. The van der Waals surface area contributed by atoms with E-state index in [1.165, 1.54) is 24.3 Å². The van der Waals surface area contributed by atoms with E-state index in [0.717, 1.165) is 0 Å². The van der Waals surface area contributed by atoms with Crippen molar-refractivity contribution in [3.05, 3.63) is 39.9 Å². The van der Waals surface area contributed by atoms with Crippen LogP contribution in [0.15, 0.2) is 24.3 Å². The standard InChI is InChI=1S/C11H13NO4/c1-3-11(2,10(13)14)8-4-6-9(7-5-8)12(15)16/h4-7H,3H2,1-2H3,(H,13,14). The van der Waals surface area contributed by atoms with Crippen molar-refractivity contribution in [2.45, 2.75) is 25.7 Å². The van der Waals surface area contributed by atoms with E-state index in [2.05, 4.69) is 0 Å². The molecule has 0 saturated carbocycles. The number of nitrogens with zero attached hydrogens (tertiary/aromatic N) is 1. The van der Waals surface area contributed by atoms with Crippen molar-refractivity contribution >= 4 is 11.7 Å². The monoisotopic (exact) mass is 223 g/mol. The van der Waals surface area contributed by atoms with Gasteiger partial charge in [0.1, 0.15) is 0 Å². The number of nitro benzene ring substituents is 1. The second-order valence-electron chi connectivity index (χ2n) is 3.79. The number of rotatable bonds is 4. The SMILES string of the molecule is CCC(C)(C(=O)O)c1ccc([N+](=O)[O-])cc1. The Morgan fingerprint density at radius 2 is 1.94 bits per heavy atom. The van der Waals surface area contributed by atoms with E-state index in [-0.39, 0.29) is 5.69 Å². The predicted molar refractivity (Wildman–Crippen MR) is 58.4 cm³/mol. The molecule has 0 heterocycles. The lowest BCUT2D eigenvalue weighted by atomic mass is 9.80. The minimum absolute atomic E-state index is 0.0346. The summed E-state index contributed by atoms with van der Waals surface area (Å²) >= 11 is 0. The molecule has 0 aromatic heterocycles. The van der Waals surface area contributed by atoms with E-state index in [9.17, 15) is 14.9 Å². The molecule has 86 valence electrons. The molecule has 0 amide bonds. The first-order chi connectivity index (χ1) is 7.41. The molecular formula is C11H13NO4. The Labute approximate surface area is 92.9 Å². The van der Waals surface area contributed by atoms with Crippen LogP contribution >= 0.6 is 0 Å². The molecule has 0 aliphatic rings. The van der Waals surface area contributed by atoms with Gasteiger partial charge >= 0.3 is 5.97 Å². The fraction of sp³-hybridized carbons (Fsp3) is 0.364. The van der Waals surface area contributed by atoms with Crippen molar-refractivity contribution in [1.82, 2.24) is 0 Å². The lowest BCUT2D eigenvalue weighted by molar-refractivity contribution is -0.384. The van der Waals surface area contributed by atoms with Crippen molar-refractivity contribution < 1.29 is 14.8 Å². The fourth-order valence-electron chi connectivity index (χ4n) is 1.43. The largest absolute Gasteiger partial charge is 0.481 e. The van der Waals surface area contributed by atoms with Crippen LogP contribution < -0.4 is 0 Å². The van der Waals surface area contributed by atoms with Crippen LogP contribution in [0.3, 0.4) is 0 Å². The van der Waals surface area contributed by atoms with Gasteiger partial charge in [0.25, 0.3) is 5.69 Å². The van der Waals surface area contributed by atoms with E-state index >= 15 is 0 Å². The van der Waals surface area contributed by atoms with Crippen molar-refractivity contribution in [2.24, 2.45) is 0 Å². The summed E-state index contributed by atoms with van der Waals surface area (Å²) in [5.41, 5.74) is -0.449. The Morgan fingerprint density at radius 1 is 1.44 bits per heavy atom. The molecule has 0 saturated heterocycles. The average molecular weight is 223 g/mol. The molecule has 16 heavy (non-hydrogen) atoms. The zero-order chi connectivity index (χ0) is 12.3. The third-order valence-electron chi connectivity index (χ3n) is 2.89. The van der Waals surface area contributed by atoms with E-state index in [1.807, 2.05) is 0 Å². The summed E-state index contributed by atoms with van der Waals surface area (Å²) < 4.78 is 0. The number of carboxylic acids is 1. The molecule has 0 bridgehead atoms. The number of benzene rings is 1. The molecule has 1 rings (SSSR count). The Hall–Kier alpha value is -1.91. The van der Waals surface area contributed by atoms with E-state index in [1.54, 1.807) is 13.8 Å². The van der Waals surface area contributed by atoms with Crippen LogP contribution in [0.2, 0.25) is 0 Å². The number of carboxylic acid groups (broad SMARTS) is 1. The van der Waals surface area contributed by atoms with E-state index < -0.39 is 16.3 Å². The first-order valence-corrected chi connectivity index (χ1v) is 4.90. The van der Waals surface area contributed by atoms with Crippen molar-refractivity contribution in [3.8, 4) is 0 Å². The number of hydrogen-bond donors (Lipinski definition) is 1. The van der Waals surface area contributed by atoms with Gasteiger partial charge in [0, 0.05) is 12.1 Å². The van der Waals surface area contributed by atoms with Gasteiger partial charge in [0.05, 0.1) is 10.3 Å². The normalized spacial score (nSPS) is 14.1. The van der Waals surface area contributed by atoms with Gasteiger partial charge in [-0.25, -0.2) is 0 Å². The summed E-state index contributed by atoms with van der Waals surface area (Å²) in [6, 6.07) is 5.64. The van der Waals surface area contributed by atoms with Crippen LogP contribution in [0, 0.1) is 10.1 Å². The van der Waals surface area contributed by atoms with Crippen LogP contribution in [0.25, 0.3) is 0 Å². The van der Waals surface area contributed by atoms with Gasteiger partial charge in [-0.05, 0) is 18.9 Å². The van der Waals surface area contributed by atoms with Crippen molar-refractivity contribution in [2.75, 3.05) is 0 Å². The molecule has 0 spiro atoms. The Bertz CT molecular complexity index is 412. The summed E-state index contributed by atoms with van der Waals surface area (Å²) in [5, 5.41) is 19.6. The maximum absolute atomic E-state index is 11.1. The Kier molecular flexibility index (Phi) is 3.27. The highest BCUT2D eigenvalue weighted by atomic mass is 16.6. The van der Waals surface area contributed by atoms with Crippen LogP contribution in [0.1, 0.15) is 25.8 Å². The van der Waals surface area contributed by atoms with Crippen LogP contribution in [0.4, 0.5) is 5.69 Å². The molecule has 0 radical (unpaired) electrons. The molecule has 0 aliphatic heterocycles. The molecule has 1 aromatic rings. The van der Waals surface area contributed by atoms with E-state index in [0.29, 0.717) is 12.0 Å². The van der Waals surface area contributed by atoms with Crippen molar-refractivity contribution in [1.29, 1.82) is 0 Å². The molecule has 5 nitrogen and oxygen atoms in total. The molecular weight excluding hydrogens is 210 g/mol. The van der Waals surface area contributed by atoms with Gasteiger partial charge in [0.15, 0.2) is 0 Å². The van der Waals surface area contributed by atoms with Gasteiger partial charge in [-0.1, -0.05) is 19.1 Å². The molecule has 1 unspecified atom stereocenters. The second-order valence-corrected chi connectivity index (χ2v) is 3.79. The molecule has 1 N–H and O–H groups in total. The Morgan fingerprint density at radius 3 is 2.25 bits per heavy atom. The summed E-state index contributed by atoms with van der Waals surface area (Å²) in [5.74, 6) is -0.927. The topological polar surface area (TPSA) is 80.4 Å². The molecule has 0 aliphatic carbocycles. The molecule has 1 atom stereocenters. The number of carbonyl (C=O) groups is 1. The number of nitro groups is 1. The van der Waals surface area contributed by atoms with Gasteiger partial charge in [-0.15, -0.1) is 0 Å². The minimum Gasteiger partial charge on any atom is -0.481 e. The highest BCUT2D eigenvalue weighted by Gasteiger charge is 2.33. The third-order valence-corrected chi connectivity index (χ3v) is 2.89. The van der Waals surface area contributed by atoms with Gasteiger partial charge < -0.3 is 5.11 Å². The quantitative estimate of drug-likeness (QED) is 0.627. The summed E-state index contributed by atoms with van der Waals surface area (Å²) in [6.45, 7) is 3.38.